The van der Waals surface area contributed by atoms with Crippen molar-refractivity contribution in [2.75, 3.05) is 0 Å². The SMILES string of the molecule is CC1(C)C(=O)C(C#N)=CC2(C)C3=CC(=O)CCC3(C#Cc3cccc4cc[nH]c34)CCC12. The van der Waals surface area contributed by atoms with Crippen LogP contribution in [0.1, 0.15) is 52.0 Å². The van der Waals surface area contributed by atoms with Gasteiger partial charge in [-0.15, -0.1) is 0 Å². The van der Waals surface area contributed by atoms with Crippen molar-refractivity contribution in [2.24, 2.45) is 22.2 Å². The molecule has 3 aliphatic rings. The van der Waals surface area contributed by atoms with Gasteiger partial charge in [-0.2, -0.15) is 5.26 Å². The molecule has 2 aromatic rings. The van der Waals surface area contributed by atoms with Gasteiger partial charge in [0.2, 0.25) is 0 Å². The molecule has 1 saturated carbocycles. The maximum absolute atomic E-state index is 13.0. The summed E-state index contributed by atoms with van der Waals surface area (Å²) in [5, 5.41) is 10.8. The number of nitriles is 1. The molecule has 3 aliphatic carbocycles. The Kier molecular flexibility index (Phi) is 4.37. The Balaban J connectivity index is 1.69. The zero-order valence-corrected chi connectivity index (χ0v) is 18.7. The highest BCUT2D eigenvalue weighted by Gasteiger charge is 2.59. The van der Waals surface area contributed by atoms with Crippen LogP contribution in [0.2, 0.25) is 0 Å². The predicted molar refractivity (Wildman–Crippen MR) is 123 cm³/mol. The van der Waals surface area contributed by atoms with Crippen LogP contribution in [0.5, 0.6) is 0 Å². The first kappa shape index (κ1) is 20.5. The summed E-state index contributed by atoms with van der Waals surface area (Å²) in [5.41, 5.74) is 1.50. The zero-order valence-electron chi connectivity index (χ0n) is 18.7. The van der Waals surface area contributed by atoms with Crippen LogP contribution < -0.4 is 0 Å². The third-order valence-corrected chi connectivity index (χ3v) is 8.07. The molecule has 0 radical (unpaired) electrons. The van der Waals surface area contributed by atoms with Crippen LogP contribution in [0.4, 0.5) is 0 Å². The molecular weight excluding hydrogens is 396 g/mol. The Morgan fingerprint density at radius 1 is 1.12 bits per heavy atom. The molecule has 4 nitrogen and oxygen atoms in total. The van der Waals surface area contributed by atoms with Gasteiger partial charge in [-0.25, -0.2) is 0 Å². The number of aromatic nitrogens is 1. The van der Waals surface area contributed by atoms with E-state index in [0.717, 1.165) is 34.9 Å². The van der Waals surface area contributed by atoms with Crippen LogP contribution in [-0.4, -0.2) is 16.6 Å². The fraction of sp³-hybridized carbons (Fsp3) is 0.393. The van der Waals surface area contributed by atoms with Crippen molar-refractivity contribution in [2.45, 2.75) is 46.5 Å². The molecule has 5 rings (SSSR count). The molecule has 0 saturated heterocycles. The maximum atomic E-state index is 13.0. The van der Waals surface area contributed by atoms with Crippen molar-refractivity contribution < 1.29 is 9.59 Å². The summed E-state index contributed by atoms with van der Waals surface area (Å²) in [5.74, 6) is 7.06. The molecule has 1 fully saturated rings. The summed E-state index contributed by atoms with van der Waals surface area (Å²) in [6.07, 6.45) is 8.32. The van der Waals surface area contributed by atoms with E-state index in [-0.39, 0.29) is 23.1 Å². The van der Waals surface area contributed by atoms with Gasteiger partial charge in [0.15, 0.2) is 11.6 Å². The van der Waals surface area contributed by atoms with Gasteiger partial charge in [-0.05, 0) is 49.0 Å². The summed E-state index contributed by atoms with van der Waals surface area (Å²) in [4.78, 5) is 28.8. The molecule has 32 heavy (non-hydrogen) atoms. The molecule has 3 atom stereocenters. The first-order valence-corrected chi connectivity index (χ1v) is 11.2. The smallest absolute Gasteiger partial charge is 0.178 e. The maximum Gasteiger partial charge on any atom is 0.178 e. The highest BCUT2D eigenvalue weighted by Crippen LogP contribution is 2.64. The summed E-state index contributed by atoms with van der Waals surface area (Å²) >= 11 is 0. The number of carbonyl (C=O) groups is 2. The van der Waals surface area contributed by atoms with Gasteiger partial charge in [0, 0.05) is 34.4 Å². The van der Waals surface area contributed by atoms with Crippen molar-refractivity contribution in [3.05, 3.63) is 59.3 Å². The number of hydrogen-bond donors (Lipinski definition) is 1. The standard InChI is InChI=1S/C28H26N2O2/c1-26(2)22-9-13-28(11-7-18-5-4-6-19-10-14-30-24(18)19)12-8-21(31)15-23(28)27(22,3)16-20(17-29)25(26)32/h4-6,10,14-16,22,30H,8-9,12-13H2,1-3H3. The fourth-order valence-corrected chi connectivity index (χ4v) is 6.46. The third kappa shape index (κ3) is 2.76. The summed E-state index contributed by atoms with van der Waals surface area (Å²) < 4.78 is 0. The van der Waals surface area contributed by atoms with Crippen molar-refractivity contribution in [3.63, 3.8) is 0 Å². The van der Waals surface area contributed by atoms with E-state index in [0.29, 0.717) is 12.8 Å². The lowest BCUT2D eigenvalue weighted by Crippen LogP contribution is -2.53. The second-order valence-corrected chi connectivity index (χ2v) is 10.2. The number of aromatic amines is 1. The van der Waals surface area contributed by atoms with Gasteiger partial charge in [0.25, 0.3) is 0 Å². The number of benzene rings is 1. The van der Waals surface area contributed by atoms with E-state index in [1.807, 2.05) is 44.3 Å². The highest BCUT2D eigenvalue weighted by molar-refractivity contribution is 6.04. The van der Waals surface area contributed by atoms with E-state index >= 15 is 0 Å². The number of Topliss-reactive ketones (excluding diaryl/α,β-unsaturated/α-hetero) is 1. The summed E-state index contributed by atoms with van der Waals surface area (Å²) in [6.45, 7) is 5.98. The minimum atomic E-state index is -0.661. The van der Waals surface area contributed by atoms with E-state index in [1.165, 1.54) is 0 Å². The van der Waals surface area contributed by atoms with Crippen LogP contribution >= 0.6 is 0 Å². The summed E-state index contributed by atoms with van der Waals surface area (Å²) in [6, 6.07) is 10.2. The van der Waals surface area contributed by atoms with Gasteiger partial charge in [-0.1, -0.05) is 50.8 Å². The van der Waals surface area contributed by atoms with E-state index in [4.69, 9.17) is 0 Å². The van der Waals surface area contributed by atoms with Crippen molar-refractivity contribution >= 4 is 22.5 Å². The van der Waals surface area contributed by atoms with E-state index < -0.39 is 16.2 Å². The van der Waals surface area contributed by atoms with Gasteiger partial charge < -0.3 is 4.98 Å². The number of allylic oxidation sites excluding steroid dienone is 4. The largest absolute Gasteiger partial charge is 0.360 e. The number of nitrogens with one attached hydrogen (secondary N) is 1. The average molecular weight is 423 g/mol. The minimum Gasteiger partial charge on any atom is -0.360 e. The number of H-pyrrole nitrogens is 1. The van der Waals surface area contributed by atoms with Gasteiger partial charge in [-0.3, -0.25) is 9.59 Å². The fourth-order valence-electron chi connectivity index (χ4n) is 6.46. The quantitative estimate of drug-likeness (QED) is 0.588. The molecular formula is C28H26N2O2. The number of rotatable bonds is 0. The molecule has 0 aliphatic heterocycles. The molecule has 3 unspecified atom stereocenters. The van der Waals surface area contributed by atoms with Gasteiger partial charge in [0.05, 0.1) is 16.5 Å². The van der Waals surface area contributed by atoms with Crippen molar-refractivity contribution in [1.82, 2.24) is 4.98 Å². The average Bonchev–Trinajstić information content (AvgIpc) is 3.25. The molecule has 1 aromatic carbocycles. The highest BCUT2D eigenvalue weighted by atomic mass is 16.1. The number of hydrogen-bond acceptors (Lipinski definition) is 3. The molecule has 0 amide bonds. The van der Waals surface area contributed by atoms with Crippen LogP contribution in [-0.2, 0) is 9.59 Å². The number of para-hydroxylation sites is 1. The topological polar surface area (TPSA) is 73.7 Å². The second kappa shape index (κ2) is 6.81. The Labute approximate surface area is 188 Å². The van der Waals surface area contributed by atoms with Gasteiger partial charge in [0.1, 0.15) is 6.07 Å². The van der Waals surface area contributed by atoms with E-state index in [1.54, 1.807) is 6.08 Å². The zero-order chi connectivity index (χ0) is 22.7. The molecule has 1 heterocycles. The van der Waals surface area contributed by atoms with Crippen LogP contribution in [0.15, 0.2) is 53.8 Å². The van der Waals surface area contributed by atoms with E-state index in [9.17, 15) is 14.9 Å². The number of carbonyl (C=O) groups excluding carboxylic acids is 2. The minimum absolute atomic E-state index is 0.0264. The lowest BCUT2D eigenvalue weighted by molar-refractivity contribution is -0.130. The summed E-state index contributed by atoms with van der Waals surface area (Å²) in [7, 11) is 0. The Bertz CT molecular complexity index is 1340. The monoisotopic (exact) mass is 422 g/mol. The molecule has 160 valence electrons. The lowest BCUT2D eigenvalue weighted by Gasteiger charge is -2.57. The lowest BCUT2D eigenvalue weighted by atomic mass is 9.45. The van der Waals surface area contributed by atoms with E-state index in [2.05, 4.69) is 35.9 Å². The molecule has 1 aromatic heterocycles. The molecule has 1 N–H and O–H groups in total. The van der Waals surface area contributed by atoms with Crippen LogP contribution in [0.3, 0.4) is 0 Å². The van der Waals surface area contributed by atoms with Crippen LogP contribution in [0, 0.1) is 45.3 Å². The van der Waals surface area contributed by atoms with Crippen molar-refractivity contribution in [1.29, 1.82) is 5.26 Å². The number of fused-ring (bicyclic) bond motifs is 4. The normalized spacial score (nSPS) is 30.9. The molecule has 0 spiro atoms. The molecule has 4 heteroatoms. The predicted octanol–water partition coefficient (Wildman–Crippen LogP) is 5.27. The second-order valence-electron chi connectivity index (χ2n) is 10.2. The first-order chi connectivity index (χ1) is 15.2. The third-order valence-electron chi connectivity index (χ3n) is 8.07. The number of ketones is 2. The van der Waals surface area contributed by atoms with Crippen molar-refractivity contribution in [3.8, 4) is 17.9 Å². The Hall–Kier alpha value is -3.37. The first-order valence-electron chi connectivity index (χ1n) is 11.2. The Morgan fingerprint density at radius 2 is 1.94 bits per heavy atom. The van der Waals surface area contributed by atoms with Gasteiger partial charge >= 0.3 is 0 Å². The van der Waals surface area contributed by atoms with Crippen LogP contribution in [0.25, 0.3) is 10.9 Å². The number of nitrogens with zero attached hydrogens (tertiary/aromatic N) is 1. The Morgan fingerprint density at radius 3 is 2.72 bits per heavy atom. The molecule has 0 bridgehead atoms.